The van der Waals surface area contributed by atoms with Gasteiger partial charge in [-0.05, 0) is 24.1 Å². The normalized spacial score (nSPS) is 12.8. The van der Waals surface area contributed by atoms with Crippen LogP contribution < -0.4 is 11.5 Å². The zero-order valence-electron chi connectivity index (χ0n) is 7.76. The number of nitrogens with two attached hydrogens (primary N) is 2. The molecule has 0 amide bonds. The summed E-state index contributed by atoms with van der Waals surface area (Å²) in [5.41, 5.74) is 12.3. The van der Waals surface area contributed by atoms with Gasteiger partial charge < -0.3 is 11.5 Å². The van der Waals surface area contributed by atoms with Gasteiger partial charge >= 0.3 is 0 Å². The molecular weight excluding hydrogens is 167 g/mol. The summed E-state index contributed by atoms with van der Waals surface area (Å²) >= 11 is 0. The van der Waals surface area contributed by atoms with Gasteiger partial charge in [-0.3, -0.25) is 0 Å². The monoisotopic (exact) mass is 182 g/mol. The first-order chi connectivity index (χ1) is 6.15. The summed E-state index contributed by atoms with van der Waals surface area (Å²) in [6.07, 6.45) is 1.91. The number of anilines is 1. The Morgan fingerprint density at radius 2 is 2.15 bits per heavy atom. The van der Waals surface area contributed by atoms with Crippen LogP contribution in [0.3, 0.4) is 0 Å². The molecule has 0 saturated heterocycles. The summed E-state index contributed by atoms with van der Waals surface area (Å²) in [5, 5.41) is 0. The van der Waals surface area contributed by atoms with Gasteiger partial charge in [0.25, 0.3) is 0 Å². The second kappa shape index (κ2) is 4.23. The smallest absolute Gasteiger partial charge is 0.146 e. The van der Waals surface area contributed by atoms with Gasteiger partial charge in [0, 0.05) is 6.04 Å². The molecule has 13 heavy (non-hydrogen) atoms. The SMILES string of the molecule is CCC[C@H](N)c1ccc(F)c(N)c1. The third-order valence-corrected chi connectivity index (χ3v) is 2.05. The van der Waals surface area contributed by atoms with Crippen molar-refractivity contribution < 1.29 is 4.39 Å². The van der Waals surface area contributed by atoms with Crippen LogP contribution in [0.25, 0.3) is 0 Å². The van der Waals surface area contributed by atoms with Crippen LogP contribution in [0.1, 0.15) is 31.4 Å². The molecule has 4 N–H and O–H groups in total. The maximum Gasteiger partial charge on any atom is 0.146 e. The van der Waals surface area contributed by atoms with Gasteiger partial charge in [0.2, 0.25) is 0 Å². The van der Waals surface area contributed by atoms with Crippen LogP contribution in [0, 0.1) is 5.82 Å². The molecular formula is C10H15FN2. The molecule has 0 aliphatic heterocycles. The highest BCUT2D eigenvalue weighted by molar-refractivity contribution is 5.43. The highest BCUT2D eigenvalue weighted by Gasteiger charge is 2.06. The van der Waals surface area contributed by atoms with Crippen molar-refractivity contribution in [2.24, 2.45) is 5.73 Å². The Balaban J connectivity index is 2.84. The molecule has 0 aliphatic carbocycles. The molecule has 0 radical (unpaired) electrons. The van der Waals surface area contributed by atoms with Crippen LogP contribution in [0.4, 0.5) is 10.1 Å². The van der Waals surface area contributed by atoms with Gasteiger partial charge in [-0.1, -0.05) is 19.4 Å². The van der Waals surface area contributed by atoms with Crippen LogP contribution in [0.2, 0.25) is 0 Å². The second-order valence-electron chi connectivity index (χ2n) is 3.18. The summed E-state index contributed by atoms with van der Waals surface area (Å²) in [5.74, 6) is -0.382. The minimum Gasteiger partial charge on any atom is -0.396 e. The molecule has 1 aromatic carbocycles. The Morgan fingerprint density at radius 3 is 2.69 bits per heavy atom. The molecule has 0 heterocycles. The first-order valence-corrected chi connectivity index (χ1v) is 4.45. The van der Waals surface area contributed by atoms with E-state index in [4.69, 9.17) is 11.5 Å². The van der Waals surface area contributed by atoms with E-state index >= 15 is 0 Å². The van der Waals surface area contributed by atoms with Crippen molar-refractivity contribution in [3.05, 3.63) is 29.6 Å². The standard InChI is InChI=1S/C10H15FN2/c1-2-3-9(12)7-4-5-8(11)10(13)6-7/h4-6,9H,2-3,12-13H2,1H3/t9-/m0/s1. The maximum atomic E-state index is 12.8. The molecule has 1 rings (SSSR count). The largest absolute Gasteiger partial charge is 0.396 e. The average Bonchev–Trinajstić information content (AvgIpc) is 2.10. The molecule has 1 atom stereocenters. The Hall–Kier alpha value is -1.09. The van der Waals surface area contributed by atoms with Crippen molar-refractivity contribution in [1.29, 1.82) is 0 Å². The van der Waals surface area contributed by atoms with Crippen LogP contribution >= 0.6 is 0 Å². The Bertz CT molecular complexity index is 286. The van der Waals surface area contributed by atoms with E-state index in [0.29, 0.717) is 0 Å². The predicted octanol–water partition coefficient (Wildman–Crippen LogP) is 2.21. The summed E-state index contributed by atoms with van der Waals surface area (Å²) in [6.45, 7) is 2.06. The zero-order chi connectivity index (χ0) is 9.84. The van der Waals surface area contributed by atoms with Gasteiger partial charge in [0.1, 0.15) is 5.82 Å². The van der Waals surface area contributed by atoms with Crippen molar-refractivity contribution in [1.82, 2.24) is 0 Å². The van der Waals surface area contributed by atoms with Gasteiger partial charge in [-0.15, -0.1) is 0 Å². The minimum atomic E-state index is -0.382. The molecule has 72 valence electrons. The van der Waals surface area contributed by atoms with Gasteiger partial charge in [-0.25, -0.2) is 4.39 Å². The van der Waals surface area contributed by atoms with E-state index in [2.05, 4.69) is 6.92 Å². The van der Waals surface area contributed by atoms with E-state index in [1.165, 1.54) is 6.07 Å². The van der Waals surface area contributed by atoms with E-state index < -0.39 is 0 Å². The van der Waals surface area contributed by atoms with E-state index in [9.17, 15) is 4.39 Å². The highest BCUT2D eigenvalue weighted by Crippen LogP contribution is 2.19. The fourth-order valence-electron chi connectivity index (χ4n) is 1.27. The van der Waals surface area contributed by atoms with E-state index in [-0.39, 0.29) is 17.5 Å². The minimum absolute atomic E-state index is 0.0344. The molecule has 0 aliphatic rings. The van der Waals surface area contributed by atoms with E-state index in [0.717, 1.165) is 18.4 Å². The number of nitrogen functional groups attached to an aromatic ring is 1. The van der Waals surface area contributed by atoms with E-state index in [1.54, 1.807) is 12.1 Å². The third-order valence-electron chi connectivity index (χ3n) is 2.05. The second-order valence-corrected chi connectivity index (χ2v) is 3.18. The molecule has 2 nitrogen and oxygen atoms in total. The Labute approximate surface area is 77.7 Å². The number of hydrogen-bond acceptors (Lipinski definition) is 2. The predicted molar refractivity (Wildman–Crippen MR) is 52.6 cm³/mol. The third kappa shape index (κ3) is 2.42. The summed E-state index contributed by atoms with van der Waals surface area (Å²) in [6, 6.07) is 4.62. The van der Waals surface area contributed by atoms with Gasteiger partial charge in [0.15, 0.2) is 0 Å². The van der Waals surface area contributed by atoms with Crippen LogP contribution in [-0.4, -0.2) is 0 Å². The van der Waals surface area contributed by atoms with E-state index in [1.807, 2.05) is 0 Å². The van der Waals surface area contributed by atoms with Crippen molar-refractivity contribution in [3.8, 4) is 0 Å². The molecule has 1 aromatic rings. The lowest BCUT2D eigenvalue weighted by atomic mass is 10.0. The number of benzene rings is 1. The molecule has 3 heteroatoms. The molecule has 0 fully saturated rings. The Morgan fingerprint density at radius 1 is 1.46 bits per heavy atom. The molecule has 0 unspecified atom stereocenters. The van der Waals surface area contributed by atoms with Crippen LogP contribution in [0.5, 0.6) is 0 Å². The summed E-state index contributed by atoms with van der Waals surface area (Å²) < 4.78 is 12.8. The molecule has 0 aromatic heterocycles. The first-order valence-electron chi connectivity index (χ1n) is 4.45. The van der Waals surface area contributed by atoms with Crippen molar-refractivity contribution in [2.45, 2.75) is 25.8 Å². The lowest BCUT2D eigenvalue weighted by Gasteiger charge is -2.11. The van der Waals surface area contributed by atoms with Crippen LogP contribution in [-0.2, 0) is 0 Å². The molecule has 0 bridgehead atoms. The lowest BCUT2D eigenvalue weighted by Crippen LogP contribution is -2.10. The van der Waals surface area contributed by atoms with Crippen LogP contribution in [0.15, 0.2) is 18.2 Å². The number of halogens is 1. The number of hydrogen-bond donors (Lipinski definition) is 2. The fourth-order valence-corrected chi connectivity index (χ4v) is 1.27. The van der Waals surface area contributed by atoms with Gasteiger partial charge in [0.05, 0.1) is 5.69 Å². The summed E-state index contributed by atoms with van der Waals surface area (Å²) in [7, 11) is 0. The molecule has 0 spiro atoms. The maximum absolute atomic E-state index is 12.8. The summed E-state index contributed by atoms with van der Waals surface area (Å²) in [4.78, 5) is 0. The lowest BCUT2D eigenvalue weighted by molar-refractivity contribution is 0.620. The van der Waals surface area contributed by atoms with Crippen molar-refractivity contribution in [3.63, 3.8) is 0 Å². The average molecular weight is 182 g/mol. The molecule has 0 saturated carbocycles. The number of rotatable bonds is 3. The zero-order valence-corrected chi connectivity index (χ0v) is 7.76. The Kier molecular flexibility index (Phi) is 3.25. The fraction of sp³-hybridized carbons (Fsp3) is 0.400. The quantitative estimate of drug-likeness (QED) is 0.704. The first kappa shape index (κ1) is 9.99. The van der Waals surface area contributed by atoms with Gasteiger partial charge in [-0.2, -0.15) is 0 Å². The highest BCUT2D eigenvalue weighted by atomic mass is 19.1. The van der Waals surface area contributed by atoms with Crippen molar-refractivity contribution >= 4 is 5.69 Å². The van der Waals surface area contributed by atoms with Crippen molar-refractivity contribution in [2.75, 3.05) is 5.73 Å². The topological polar surface area (TPSA) is 52.0 Å².